The quantitative estimate of drug-likeness (QED) is 0.0221. The first kappa shape index (κ1) is 50.2. The van der Waals surface area contributed by atoms with Crippen molar-refractivity contribution < 1.29 is 49.0 Å². The zero-order valence-electron chi connectivity index (χ0n) is 33.9. The van der Waals surface area contributed by atoms with Gasteiger partial charge in [0.2, 0.25) is 0 Å². The van der Waals surface area contributed by atoms with Gasteiger partial charge in [-0.2, -0.15) is 0 Å². The lowest BCUT2D eigenvalue weighted by atomic mass is 9.99. The van der Waals surface area contributed by atoms with Crippen molar-refractivity contribution in [3.05, 3.63) is 72.9 Å². The van der Waals surface area contributed by atoms with Gasteiger partial charge in [-0.05, 0) is 64.2 Å². The minimum Gasteiger partial charge on any atom is -0.462 e. The molecule has 6 atom stereocenters. The number of rotatable bonds is 33. The number of allylic oxidation sites excluding steroid dienone is 12. The summed E-state index contributed by atoms with van der Waals surface area (Å²) in [6.45, 7) is 3.18. The second kappa shape index (κ2) is 35.5. The highest BCUT2D eigenvalue weighted by atomic mass is 16.7. The van der Waals surface area contributed by atoms with E-state index in [1.54, 1.807) is 0 Å². The Hall–Kier alpha value is -2.86. The first-order chi connectivity index (χ1) is 26.8. The molecular formula is C45H74O10. The van der Waals surface area contributed by atoms with Crippen LogP contribution < -0.4 is 0 Å². The summed E-state index contributed by atoms with van der Waals surface area (Å²) in [4.78, 5) is 25.2. The van der Waals surface area contributed by atoms with Gasteiger partial charge in [-0.25, -0.2) is 0 Å². The van der Waals surface area contributed by atoms with Crippen LogP contribution in [0.3, 0.4) is 0 Å². The molecule has 0 saturated carbocycles. The number of carbonyl (C=O) groups is 2. The van der Waals surface area contributed by atoms with Gasteiger partial charge >= 0.3 is 11.9 Å². The monoisotopic (exact) mass is 775 g/mol. The lowest BCUT2D eigenvalue weighted by molar-refractivity contribution is -0.305. The first-order valence-corrected chi connectivity index (χ1v) is 21.0. The van der Waals surface area contributed by atoms with E-state index in [4.69, 9.17) is 18.9 Å². The Bertz CT molecular complexity index is 1120. The maximum atomic E-state index is 12.7. The fourth-order valence-corrected chi connectivity index (χ4v) is 5.79. The molecule has 314 valence electrons. The number of carbonyl (C=O) groups excluding carboxylic acids is 2. The number of unbranched alkanes of at least 4 members (excludes halogenated alkanes) is 12. The highest BCUT2D eigenvalue weighted by molar-refractivity contribution is 5.70. The van der Waals surface area contributed by atoms with Crippen LogP contribution in [0.15, 0.2) is 72.9 Å². The Kier molecular flexibility index (Phi) is 32.4. The van der Waals surface area contributed by atoms with E-state index in [-0.39, 0.29) is 26.1 Å². The molecule has 0 aliphatic carbocycles. The van der Waals surface area contributed by atoms with E-state index < -0.39 is 55.4 Å². The summed E-state index contributed by atoms with van der Waals surface area (Å²) in [6, 6.07) is 0. The summed E-state index contributed by atoms with van der Waals surface area (Å²) in [6.07, 6.45) is 36.3. The maximum Gasteiger partial charge on any atom is 0.306 e. The third kappa shape index (κ3) is 27.4. The molecule has 1 heterocycles. The minimum atomic E-state index is -1.61. The van der Waals surface area contributed by atoms with E-state index >= 15 is 0 Å². The summed E-state index contributed by atoms with van der Waals surface area (Å²) in [5, 5.41) is 40.0. The van der Waals surface area contributed by atoms with Gasteiger partial charge in [-0.1, -0.05) is 138 Å². The van der Waals surface area contributed by atoms with Gasteiger partial charge in [0.05, 0.1) is 13.2 Å². The van der Waals surface area contributed by atoms with Gasteiger partial charge in [0.15, 0.2) is 12.4 Å². The van der Waals surface area contributed by atoms with Crippen LogP contribution in [0.4, 0.5) is 0 Å². The van der Waals surface area contributed by atoms with E-state index in [0.29, 0.717) is 12.8 Å². The molecule has 0 bridgehead atoms. The molecule has 10 heteroatoms. The van der Waals surface area contributed by atoms with Crippen LogP contribution in [0, 0.1) is 0 Å². The van der Waals surface area contributed by atoms with Crippen LogP contribution in [0.1, 0.15) is 142 Å². The molecule has 0 aromatic carbocycles. The second-order valence-electron chi connectivity index (χ2n) is 14.1. The highest BCUT2D eigenvalue weighted by Gasteiger charge is 2.44. The number of esters is 2. The average molecular weight is 775 g/mol. The first-order valence-electron chi connectivity index (χ1n) is 21.0. The Morgan fingerprint density at radius 1 is 0.600 bits per heavy atom. The lowest BCUT2D eigenvalue weighted by Crippen LogP contribution is -2.59. The third-order valence-corrected chi connectivity index (χ3v) is 9.14. The van der Waals surface area contributed by atoms with E-state index in [1.165, 1.54) is 38.5 Å². The average Bonchev–Trinajstić information content (AvgIpc) is 3.18. The van der Waals surface area contributed by atoms with E-state index in [2.05, 4.69) is 62.5 Å². The topological polar surface area (TPSA) is 152 Å². The third-order valence-electron chi connectivity index (χ3n) is 9.14. The smallest absolute Gasteiger partial charge is 0.306 e. The van der Waals surface area contributed by atoms with Crippen molar-refractivity contribution >= 4 is 11.9 Å². The van der Waals surface area contributed by atoms with Crippen molar-refractivity contribution in [2.45, 2.75) is 179 Å². The lowest BCUT2D eigenvalue weighted by Gasteiger charge is -2.39. The van der Waals surface area contributed by atoms with Crippen molar-refractivity contribution in [2.24, 2.45) is 0 Å². The van der Waals surface area contributed by atoms with Crippen molar-refractivity contribution in [1.82, 2.24) is 0 Å². The van der Waals surface area contributed by atoms with Crippen LogP contribution in [0.5, 0.6) is 0 Å². The van der Waals surface area contributed by atoms with Crippen molar-refractivity contribution in [3.8, 4) is 0 Å². The molecule has 1 saturated heterocycles. The number of hydrogen-bond donors (Lipinski definition) is 4. The maximum absolute atomic E-state index is 12.7. The molecule has 10 nitrogen and oxygen atoms in total. The number of aliphatic hydroxyl groups is 4. The van der Waals surface area contributed by atoms with Crippen molar-refractivity contribution in [2.75, 3.05) is 19.8 Å². The molecule has 4 N–H and O–H groups in total. The molecule has 3 unspecified atom stereocenters. The van der Waals surface area contributed by atoms with Crippen LogP contribution in [-0.2, 0) is 28.5 Å². The van der Waals surface area contributed by atoms with Gasteiger partial charge in [-0.15, -0.1) is 0 Å². The van der Waals surface area contributed by atoms with Crippen LogP contribution in [0.2, 0.25) is 0 Å². The molecule has 0 radical (unpaired) electrons. The molecule has 0 aromatic heterocycles. The fourth-order valence-electron chi connectivity index (χ4n) is 5.79. The number of hydrogen-bond acceptors (Lipinski definition) is 10. The van der Waals surface area contributed by atoms with Crippen molar-refractivity contribution in [3.63, 3.8) is 0 Å². The molecule has 1 rings (SSSR count). The molecule has 0 spiro atoms. The Balaban J connectivity index is 2.42. The number of ether oxygens (including phenoxy) is 4. The SMILES string of the molecule is CC/C=C/C=C/C=C/CCCCCCCC(=O)OC(COC(=O)CCC/C=C/C/C=C/C/C=C/CCCCCCCC)CO[C@H]1O[C@@H](CO)[C@@H](O)C(O)C1O. The normalized spacial score (nSPS) is 21.3. The van der Waals surface area contributed by atoms with Crippen LogP contribution >= 0.6 is 0 Å². The van der Waals surface area contributed by atoms with Crippen molar-refractivity contribution in [1.29, 1.82) is 0 Å². The Morgan fingerprint density at radius 2 is 1.16 bits per heavy atom. The fraction of sp³-hybridized carbons (Fsp3) is 0.689. The molecule has 55 heavy (non-hydrogen) atoms. The van der Waals surface area contributed by atoms with Crippen LogP contribution in [0.25, 0.3) is 0 Å². The molecule has 1 aliphatic rings. The van der Waals surface area contributed by atoms with Gasteiger partial charge in [0, 0.05) is 12.8 Å². The van der Waals surface area contributed by atoms with Gasteiger partial charge in [0.1, 0.15) is 31.0 Å². The largest absolute Gasteiger partial charge is 0.462 e. The summed E-state index contributed by atoms with van der Waals surface area (Å²) in [7, 11) is 0. The number of aliphatic hydroxyl groups excluding tert-OH is 4. The zero-order chi connectivity index (χ0) is 40.2. The molecule has 0 aromatic rings. The van der Waals surface area contributed by atoms with Gasteiger partial charge in [0.25, 0.3) is 0 Å². The predicted molar refractivity (Wildman–Crippen MR) is 219 cm³/mol. The summed E-state index contributed by atoms with van der Waals surface area (Å²) in [5.41, 5.74) is 0. The second-order valence-corrected chi connectivity index (χ2v) is 14.1. The summed E-state index contributed by atoms with van der Waals surface area (Å²) in [5.74, 6) is -0.900. The molecule has 0 amide bonds. The van der Waals surface area contributed by atoms with E-state index in [1.807, 2.05) is 24.3 Å². The standard InChI is InChI=1S/C45H74O10/c1-3-5-7-9-11-13-15-17-18-19-20-22-23-25-27-29-31-33-40(47)52-36-38(37-53-45-44(51)43(50)42(49)39(35-46)55-45)54-41(48)34-32-30-28-26-24-21-16-14-12-10-8-6-4-2/h6,8,10,12,14,16-18,20,22,25,27,38-39,42-46,49-51H,3-5,7,9,11,13,15,19,21,23-24,26,28-37H2,1-2H3/b8-6+,12-10+,16-14+,18-17+,22-20+,27-25+/t38?,39-,42+,43?,44?,45-/m0/s1. The minimum absolute atomic E-state index is 0.192. The Morgan fingerprint density at radius 3 is 1.82 bits per heavy atom. The van der Waals surface area contributed by atoms with E-state index in [9.17, 15) is 30.0 Å². The Labute approximate surface area is 332 Å². The molecule has 1 fully saturated rings. The van der Waals surface area contributed by atoms with Gasteiger partial charge < -0.3 is 39.4 Å². The predicted octanol–water partition coefficient (Wildman–Crippen LogP) is 8.44. The highest BCUT2D eigenvalue weighted by Crippen LogP contribution is 2.22. The molecular weight excluding hydrogens is 700 g/mol. The summed E-state index contributed by atoms with van der Waals surface area (Å²) < 4.78 is 22.0. The van der Waals surface area contributed by atoms with E-state index in [0.717, 1.165) is 64.2 Å². The van der Waals surface area contributed by atoms with Gasteiger partial charge in [-0.3, -0.25) is 9.59 Å². The van der Waals surface area contributed by atoms with Crippen LogP contribution in [-0.4, -0.2) is 89.0 Å². The zero-order valence-corrected chi connectivity index (χ0v) is 33.9. The summed E-state index contributed by atoms with van der Waals surface area (Å²) >= 11 is 0. The molecule has 1 aliphatic heterocycles.